The van der Waals surface area contributed by atoms with Crippen molar-refractivity contribution in [1.82, 2.24) is 10.2 Å². The maximum absolute atomic E-state index is 12.3. The Kier molecular flexibility index (Phi) is 5.27. The van der Waals surface area contributed by atoms with Gasteiger partial charge in [-0.1, -0.05) is 37.1 Å². The monoisotopic (exact) mass is 334 g/mol. The van der Waals surface area contributed by atoms with Gasteiger partial charge in [-0.25, -0.2) is 0 Å². The molecule has 0 aromatic heterocycles. The van der Waals surface area contributed by atoms with Crippen molar-refractivity contribution in [2.24, 2.45) is 11.8 Å². The molecule has 2 aliphatic rings. The van der Waals surface area contributed by atoms with Crippen LogP contribution in [0.2, 0.25) is 5.02 Å². The van der Waals surface area contributed by atoms with Gasteiger partial charge >= 0.3 is 0 Å². The second kappa shape index (κ2) is 7.23. The minimum absolute atomic E-state index is 0.276. The number of rotatable bonds is 5. The molecule has 1 saturated heterocycles. The highest BCUT2D eigenvalue weighted by Gasteiger charge is 2.37. The molecule has 1 aromatic carbocycles. The maximum Gasteiger partial charge on any atom is 0.225 e. The second-order valence-corrected chi connectivity index (χ2v) is 7.50. The van der Waals surface area contributed by atoms with E-state index in [1.54, 1.807) is 0 Å². The van der Waals surface area contributed by atoms with E-state index in [1.165, 1.54) is 5.56 Å². The summed E-state index contributed by atoms with van der Waals surface area (Å²) in [5, 5.41) is 4.56. The number of amides is 1. The van der Waals surface area contributed by atoms with Crippen LogP contribution in [-0.2, 0) is 4.79 Å². The van der Waals surface area contributed by atoms with Crippen LogP contribution in [0, 0.1) is 11.8 Å². The van der Waals surface area contributed by atoms with Gasteiger partial charge in [-0.2, -0.15) is 0 Å². The van der Waals surface area contributed by atoms with Crippen LogP contribution in [0.4, 0.5) is 0 Å². The van der Waals surface area contributed by atoms with Crippen molar-refractivity contribution in [2.75, 3.05) is 13.1 Å². The smallest absolute Gasteiger partial charge is 0.225 e. The Morgan fingerprint density at radius 3 is 2.83 bits per heavy atom. The molecule has 0 bridgehead atoms. The molecule has 126 valence electrons. The lowest BCUT2D eigenvalue weighted by molar-refractivity contribution is -0.134. The van der Waals surface area contributed by atoms with Crippen LogP contribution in [0.3, 0.4) is 0 Å². The van der Waals surface area contributed by atoms with E-state index in [2.05, 4.69) is 30.1 Å². The van der Waals surface area contributed by atoms with Crippen molar-refractivity contribution in [3.8, 4) is 0 Å². The molecular weight excluding hydrogens is 308 g/mol. The molecule has 1 N–H and O–H groups in total. The SMILES string of the molecule is CC[C@@H]1CN(C(=O)C2CC2)CC[C@@H]1N[C@@H](C)c1cccc(Cl)c1. The third kappa shape index (κ3) is 4.07. The van der Waals surface area contributed by atoms with Crippen LogP contribution in [0.15, 0.2) is 24.3 Å². The van der Waals surface area contributed by atoms with Crippen LogP contribution in [0.1, 0.15) is 51.1 Å². The molecule has 3 nitrogen and oxygen atoms in total. The molecule has 0 unspecified atom stereocenters. The summed E-state index contributed by atoms with van der Waals surface area (Å²) >= 11 is 6.11. The molecule has 1 amide bonds. The van der Waals surface area contributed by atoms with Gasteiger partial charge in [0.1, 0.15) is 0 Å². The van der Waals surface area contributed by atoms with Crippen molar-refractivity contribution >= 4 is 17.5 Å². The molecule has 0 spiro atoms. The molecule has 23 heavy (non-hydrogen) atoms. The fourth-order valence-corrected chi connectivity index (χ4v) is 3.85. The van der Waals surface area contributed by atoms with Gasteiger partial charge in [0.15, 0.2) is 0 Å². The van der Waals surface area contributed by atoms with Crippen LogP contribution in [-0.4, -0.2) is 29.9 Å². The molecule has 1 saturated carbocycles. The van der Waals surface area contributed by atoms with Crippen LogP contribution in [0.25, 0.3) is 0 Å². The Morgan fingerprint density at radius 2 is 2.17 bits per heavy atom. The highest BCUT2D eigenvalue weighted by molar-refractivity contribution is 6.30. The van der Waals surface area contributed by atoms with Gasteiger partial charge in [0.25, 0.3) is 0 Å². The maximum atomic E-state index is 12.3. The summed E-state index contributed by atoms with van der Waals surface area (Å²) in [5.74, 6) is 1.26. The van der Waals surface area contributed by atoms with Gasteiger partial charge < -0.3 is 10.2 Å². The van der Waals surface area contributed by atoms with E-state index in [-0.39, 0.29) is 6.04 Å². The first-order valence-electron chi connectivity index (χ1n) is 8.88. The van der Waals surface area contributed by atoms with Crippen LogP contribution >= 0.6 is 11.6 Å². The van der Waals surface area contributed by atoms with Gasteiger partial charge in [0.05, 0.1) is 0 Å². The largest absolute Gasteiger partial charge is 0.342 e. The van der Waals surface area contributed by atoms with E-state index in [9.17, 15) is 4.79 Å². The number of carbonyl (C=O) groups excluding carboxylic acids is 1. The number of nitrogens with one attached hydrogen (secondary N) is 1. The summed E-state index contributed by atoms with van der Waals surface area (Å²) in [4.78, 5) is 14.4. The number of halogens is 1. The summed E-state index contributed by atoms with van der Waals surface area (Å²) in [6, 6.07) is 8.82. The Hall–Kier alpha value is -1.06. The van der Waals surface area contributed by atoms with Gasteiger partial charge in [-0.05, 0) is 49.8 Å². The van der Waals surface area contributed by atoms with E-state index < -0.39 is 0 Å². The zero-order valence-electron chi connectivity index (χ0n) is 14.1. The average molecular weight is 335 g/mol. The molecule has 0 radical (unpaired) electrons. The normalized spacial score (nSPS) is 26.1. The fourth-order valence-electron chi connectivity index (χ4n) is 3.65. The number of hydrogen-bond acceptors (Lipinski definition) is 2. The van der Waals surface area contributed by atoms with Gasteiger partial charge in [0.2, 0.25) is 5.91 Å². The predicted octanol–water partition coefficient (Wildman–Crippen LogP) is 4.03. The Balaban J connectivity index is 1.60. The average Bonchev–Trinajstić information content (AvgIpc) is 3.39. The lowest BCUT2D eigenvalue weighted by atomic mass is 9.88. The number of likely N-dealkylation sites (tertiary alicyclic amines) is 1. The molecular formula is C19H27ClN2O. The number of piperidine rings is 1. The first-order valence-corrected chi connectivity index (χ1v) is 9.26. The minimum Gasteiger partial charge on any atom is -0.342 e. The van der Waals surface area contributed by atoms with E-state index in [0.29, 0.717) is 23.8 Å². The standard InChI is InChI=1S/C19H27ClN2O/c1-3-14-12-22(19(23)15-7-8-15)10-9-18(14)21-13(2)16-5-4-6-17(20)11-16/h4-6,11,13-15,18,21H,3,7-10,12H2,1-2H3/t13-,14+,18-/m0/s1. The topological polar surface area (TPSA) is 32.3 Å². The van der Waals surface area contributed by atoms with Crippen molar-refractivity contribution in [2.45, 2.75) is 51.6 Å². The van der Waals surface area contributed by atoms with E-state index >= 15 is 0 Å². The summed E-state index contributed by atoms with van der Waals surface area (Å²) in [6.45, 7) is 6.23. The highest BCUT2D eigenvalue weighted by atomic mass is 35.5. The zero-order valence-corrected chi connectivity index (χ0v) is 14.9. The zero-order chi connectivity index (χ0) is 16.4. The Labute approximate surface area is 144 Å². The number of nitrogens with zero attached hydrogens (tertiary/aromatic N) is 1. The van der Waals surface area contributed by atoms with Gasteiger partial charge in [-0.3, -0.25) is 4.79 Å². The van der Waals surface area contributed by atoms with E-state index in [0.717, 1.165) is 43.8 Å². The van der Waals surface area contributed by atoms with Crippen molar-refractivity contribution in [3.63, 3.8) is 0 Å². The van der Waals surface area contributed by atoms with Crippen molar-refractivity contribution in [3.05, 3.63) is 34.9 Å². The van der Waals surface area contributed by atoms with E-state index in [1.807, 2.05) is 18.2 Å². The summed E-state index contributed by atoms with van der Waals surface area (Å²) in [6.07, 6.45) is 4.34. The van der Waals surface area contributed by atoms with Gasteiger partial charge in [0, 0.05) is 36.1 Å². The van der Waals surface area contributed by atoms with Crippen LogP contribution < -0.4 is 5.32 Å². The molecule has 4 heteroatoms. The lowest BCUT2D eigenvalue weighted by Gasteiger charge is -2.40. The van der Waals surface area contributed by atoms with Crippen molar-refractivity contribution < 1.29 is 4.79 Å². The number of carbonyl (C=O) groups is 1. The van der Waals surface area contributed by atoms with Crippen molar-refractivity contribution in [1.29, 1.82) is 0 Å². The molecule has 3 atom stereocenters. The molecule has 2 fully saturated rings. The summed E-state index contributed by atoms with van der Waals surface area (Å²) in [5.41, 5.74) is 1.23. The lowest BCUT2D eigenvalue weighted by Crippen LogP contribution is -2.51. The summed E-state index contributed by atoms with van der Waals surface area (Å²) < 4.78 is 0. The quantitative estimate of drug-likeness (QED) is 0.881. The molecule has 3 rings (SSSR count). The fraction of sp³-hybridized carbons (Fsp3) is 0.632. The number of benzene rings is 1. The first kappa shape index (κ1) is 16.8. The van der Waals surface area contributed by atoms with E-state index in [4.69, 9.17) is 11.6 Å². The highest BCUT2D eigenvalue weighted by Crippen LogP contribution is 2.33. The Morgan fingerprint density at radius 1 is 1.39 bits per heavy atom. The third-order valence-electron chi connectivity index (χ3n) is 5.31. The first-order chi connectivity index (χ1) is 11.1. The number of hydrogen-bond donors (Lipinski definition) is 1. The predicted molar refractivity (Wildman–Crippen MR) is 94.5 cm³/mol. The molecule has 1 aliphatic heterocycles. The Bertz CT molecular complexity index is 558. The summed E-state index contributed by atoms with van der Waals surface area (Å²) in [7, 11) is 0. The molecule has 1 aliphatic carbocycles. The molecule has 1 aromatic rings. The third-order valence-corrected chi connectivity index (χ3v) is 5.54. The molecule has 1 heterocycles. The van der Waals surface area contributed by atoms with Gasteiger partial charge in [-0.15, -0.1) is 0 Å². The minimum atomic E-state index is 0.276. The van der Waals surface area contributed by atoms with Crippen LogP contribution in [0.5, 0.6) is 0 Å². The second-order valence-electron chi connectivity index (χ2n) is 7.07.